The van der Waals surface area contributed by atoms with Crippen molar-refractivity contribution in [2.75, 3.05) is 6.54 Å². The average Bonchev–Trinajstić information content (AvgIpc) is 3.04. The van der Waals surface area contributed by atoms with Gasteiger partial charge in [-0.25, -0.2) is 9.59 Å². The van der Waals surface area contributed by atoms with Crippen LogP contribution in [0.3, 0.4) is 0 Å². The zero-order chi connectivity index (χ0) is 34.6. The van der Waals surface area contributed by atoms with Crippen molar-refractivity contribution < 1.29 is 19.1 Å². The Hall–Kier alpha value is -4.58. The summed E-state index contributed by atoms with van der Waals surface area (Å²) in [6.07, 6.45) is 1.46. The van der Waals surface area contributed by atoms with Crippen LogP contribution < -0.4 is 20.1 Å². The third kappa shape index (κ3) is 8.46. The van der Waals surface area contributed by atoms with Crippen LogP contribution in [0.15, 0.2) is 109 Å². The van der Waals surface area contributed by atoms with E-state index in [1.165, 1.54) is 11.1 Å². The molecule has 4 aromatic carbocycles. The molecule has 2 unspecified atom stereocenters. The van der Waals surface area contributed by atoms with E-state index in [0.29, 0.717) is 24.5 Å². The van der Waals surface area contributed by atoms with Gasteiger partial charge in [-0.15, -0.1) is 0 Å². The highest BCUT2D eigenvalue weighted by Gasteiger charge is 2.42. The summed E-state index contributed by atoms with van der Waals surface area (Å²) in [5, 5.41) is 6.11. The maximum atomic E-state index is 13.0. The van der Waals surface area contributed by atoms with Gasteiger partial charge in [-0.05, 0) is 76.6 Å². The molecule has 5 rings (SSSR count). The predicted molar refractivity (Wildman–Crippen MR) is 193 cm³/mol. The Kier molecular flexibility index (Phi) is 10.0. The predicted octanol–water partition coefficient (Wildman–Crippen LogP) is 9.80. The molecule has 6 heteroatoms. The fourth-order valence-corrected chi connectivity index (χ4v) is 7.53. The van der Waals surface area contributed by atoms with Crippen molar-refractivity contribution in [3.63, 3.8) is 0 Å². The smallest absolute Gasteiger partial charge is 0.410 e. The van der Waals surface area contributed by atoms with E-state index in [9.17, 15) is 9.59 Å². The molecule has 2 N–H and O–H groups in total. The SMILES string of the molecule is CC1(C)CC(NC(=O)Oc2ccc(C(C)(C)c3ccccc3)cc2)CC(C)(CNC(=O)Oc2cccc(C(C)(C)c3ccccc3)c2)C1. The molecule has 2 amide bonds. The summed E-state index contributed by atoms with van der Waals surface area (Å²) in [7, 11) is 0. The number of benzene rings is 4. The van der Waals surface area contributed by atoms with Gasteiger partial charge in [-0.3, -0.25) is 0 Å². The minimum atomic E-state index is -0.489. The topological polar surface area (TPSA) is 76.7 Å². The zero-order valence-electron chi connectivity index (χ0n) is 29.4. The molecule has 2 atom stereocenters. The molecule has 1 aliphatic carbocycles. The van der Waals surface area contributed by atoms with Crippen molar-refractivity contribution >= 4 is 12.2 Å². The molecule has 1 fully saturated rings. The standard InChI is InChI=1S/C42H50N2O4/c1-39(2)26-34(44-38(46)47-35-23-21-32(22-24-35)40(3,4)30-15-10-8-11-16-30)27-42(7,28-39)29-43-37(45)48-36-20-14-19-33(25-36)41(5,6)31-17-12-9-13-18-31/h8-25,34H,26-29H2,1-7H3,(H,43,45)(H,44,46). The largest absolute Gasteiger partial charge is 0.412 e. The van der Waals surface area contributed by atoms with Crippen LogP contribution in [0, 0.1) is 10.8 Å². The van der Waals surface area contributed by atoms with Crippen molar-refractivity contribution in [2.45, 2.75) is 84.6 Å². The van der Waals surface area contributed by atoms with Crippen LogP contribution in [-0.4, -0.2) is 24.8 Å². The Morgan fingerprint density at radius 2 is 1.17 bits per heavy atom. The number of hydrogen-bond donors (Lipinski definition) is 2. The van der Waals surface area contributed by atoms with Gasteiger partial charge < -0.3 is 20.1 Å². The van der Waals surface area contributed by atoms with Crippen LogP contribution >= 0.6 is 0 Å². The van der Waals surface area contributed by atoms with Gasteiger partial charge in [0.15, 0.2) is 0 Å². The first-order valence-corrected chi connectivity index (χ1v) is 16.9. The lowest BCUT2D eigenvalue weighted by atomic mass is 9.62. The molecular formula is C42H50N2O4. The van der Waals surface area contributed by atoms with Crippen molar-refractivity contribution in [1.82, 2.24) is 10.6 Å². The van der Waals surface area contributed by atoms with Gasteiger partial charge in [-0.1, -0.05) is 133 Å². The van der Waals surface area contributed by atoms with E-state index in [1.807, 2.05) is 72.8 Å². The maximum absolute atomic E-state index is 13.0. The molecule has 0 saturated heterocycles. The first kappa shape index (κ1) is 34.7. The fraction of sp³-hybridized carbons (Fsp3) is 0.381. The van der Waals surface area contributed by atoms with E-state index >= 15 is 0 Å². The van der Waals surface area contributed by atoms with Gasteiger partial charge in [0.05, 0.1) is 0 Å². The summed E-state index contributed by atoms with van der Waals surface area (Å²) in [5.74, 6) is 1.00. The maximum Gasteiger partial charge on any atom is 0.412 e. The lowest BCUT2D eigenvalue weighted by Gasteiger charge is -2.46. The Morgan fingerprint density at radius 3 is 1.77 bits per heavy atom. The molecule has 252 valence electrons. The van der Waals surface area contributed by atoms with Crippen LogP contribution in [0.5, 0.6) is 11.5 Å². The Balaban J connectivity index is 1.16. The second-order valence-corrected chi connectivity index (χ2v) is 15.6. The lowest BCUT2D eigenvalue weighted by molar-refractivity contribution is 0.0701. The lowest BCUT2D eigenvalue weighted by Crippen LogP contribution is -2.51. The Labute approximate surface area is 286 Å². The minimum absolute atomic E-state index is 0.0431. The number of amides is 2. The van der Waals surface area contributed by atoms with Gasteiger partial charge in [0.1, 0.15) is 11.5 Å². The summed E-state index contributed by atoms with van der Waals surface area (Å²) in [6.45, 7) is 15.7. The van der Waals surface area contributed by atoms with Crippen molar-refractivity contribution in [3.8, 4) is 11.5 Å². The number of carbonyl (C=O) groups excluding carboxylic acids is 2. The highest BCUT2D eigenvalue weighted by Crippen LogP contribution is 2.46. The summed E-state index contributed by atoms with van der Waals surface area (Å²) in [4.78, 5) is 26.0. The normalized spacial score (nSPS) is 19.2. The first-order chi connectivity index (χ1) is 22.7. The van der Waals surface area contributed by atoms with Crippen molar-refractivity contribution in [3.05, 3.63) is 131 Å². The second-order valence-electron chi connectivity index (χ2n) is 15.6. The van der Waals surface area contributed by atoms with E-state index in [1.54, 1.807) is 6.07 Å². The number of nitrogens with one attached hydrogen (secondary N) is 2. The number of carbonyl (C=O) groups is 2. The molecular weight excluding hydrogens is 596 g/mol. The van der Waals surface area contributed by atoms with Gasteiger partial charge in [0.2, 0.25) is 0 Å². The second kappa shape index (κ2) is 13.9. The zero-order valence-corrected chi connectivity index (χ0v) is 29.4. The molecule has 6 nitrogen and oxygen atoms in total. The van der Waals surface area contributed by atoms with Crippen LogP contribution in [-0.2, 0) is 10.8 Å². The molecule has 0 aliphatic heterocycles. The third-order valence-electron chi connectivity index (χ3n) is 9.97. The van der Waals surface area contributed by atoms with E-state index in [4.69, 9.17) is 9.47 Å². The first-order valence-electron chi connectivity index (χ1n) is 16.9. The number of ether oxygens (including phenoxy) is 2. The molecule has 0 radical (unpaired) electrons. The van der Waals surface area contributed by atoms with E-state index in [0.717, 1.165) is 24.0 Å². The summed E-state index contributed by atoms with van der Waals surface area (Å²) in [5.41, 5.74) is 3.90. The van der Waals surface area contributed by atoms with Gasteiger partial charge in [-0.2, -0.15) is 0 Å². The molecule has 0 spiro atoms. The highest BCUT2D eigenvalue weighted by atomic mass is 16.6. The van der Waals surface area contributed by atoms with Crippen LogP contribution in [0.4, 0.5) is 9.59 Å². The average molecular weight is 647 g/mol. The van der Waals surface area contributed by atoms with Crippen molar-refractivity contribution in [1.29, 1.82) is 0 Å². The molecule has 0 bridgehead atoms. The number of rotatable bonds is 9. The van der Waals surface area contributed by atoms with Gasteiger partial charge in [0.25, 0.3) is 0 Å². The third-order valence-corrected chi connectivity index (χ3v) is 9.97. The minimum Gasteiger partial charge on any atom is -0.410 e. The summed E-state index contributed by atoms with van der Waals surface area (Å²) >= 11 is 0. The molecule has 48 heavy (non-hydrogen) atoms. The van der Waals surface area contributed by atoms with E-state index in [-0.39, 0.29) is 27.7 Å². The number of hydrogen-bond acceptors (Lipinski definition) is 4. The van der Waals surface area contributed by atoms with Gasteiger partial charge in [0, 0.05) is 23.4 Å². The Morgan fingerprint density at radius 1 is 0.646 bits per heavy atom. The highest BCUT2D eigenvalue weighted by molar-refractivity contribution is 5.71. The molecule has 1 aliphatic rings. The summed E-state index contributed by atoms with van der Waals surface area (Å²) in [6, 6.07) is 36.0. The Bertz CT molecular complexity index is 1700. The van der Waals surface area contributed by atoms with Crippen LogP contribution in [0.25, 0.3) is 0 Å². The molecule has 0 aromatic heterocycles. The quantitative estimate of drug-likeness (QED) is 0.190. The monoisotopic (exact) mass is 646 g/mol. The van der Waals surface area contributed by atoms with E-state index in [2.05, 4.69) is 89.4 Å². The van der Waals surface area contributed by atoms with Crippen LogP contribution in [0.2, 0.25) is 0 Å². The van der Waals surface area contributed by atoms with Crippen LogP contribution in [0.1, 0.15) is 90.0 Å². The molecule has 0 heterocycles. The molecule has 1 saturated carbocycles. The van der Waals surface area contributed by atoms with Gasteiger partial charge >= 0.3 is 12.2 Å². The molecule has 4 aromatic rings. The fourth-order valence-electron chi connectivity index (χ4n) is 7.53. The van der Waals surface area contributed by atoms with Crippen molar-refractivity contribution in [2.24, 2.45) is 10.8 Å². The van der Waals surface area contributed by atoms with E-state index < -0.39 is 12.2 Å². The summed E-state index contributed by atoms with van der Waals surface area (Å²) < 4.78 is 11.5.